The molecule has 2 unspecified atom stereocenters. The molecule has 5 N–H and O–H groups in total. The van der Waals surface area contributed by atoms with Crippen molar-refractivity contribution in [3.05, 3.63) is 101 Å². The number of methoxy groups -OCH3 is 2. The van der Waals surface area contributed by atoms with E-state index < -0.39 is 47.4 Å². The van der Waals surface area contributed by atoms with Gasteiger partial charge in [0.2, 0.25) is 0 Å². The van der Waals surface area contributed by atoms with Gasteiger partial charge in [0, 0.05) is 37.3 Å². The topological polar surface area (TPSA) is 273 Å². The number of halogens is 1. The molecular weight excluding hydrogens is 1020 g/mol. The number of nitrogens with zero attached hydrogens (tertiary/aromatic N) is 5. The maximum Gasteiger partial charge on any atom is 0.408 e. The number of hydrogen-bond donors (Lipinski definition) is 5. The Kier molecular flexibility index (Phi) is 25.1. The van der Waals surface area contributed by atoms with Crippen LogP contribution in [0.4, 0.5) is 27.0 Å². The summed E-state index contributed by atoms with van der Waals surface area (Å²) in [5, 5.41) is 14.8. The number of piperidine rings is 2. The van der Waals surface area contributed by atoms with Crippen molar-refractivity contribution >= 4 is 65.1 Å². The standard InChI is InChI=1S/C27H37N5O6.C20H25ClN4O4.C7H13NO2/c1-18-22(29-17-30-23(18)32-13-11-20(12-14-32)24(33)36-5)28-15-21(25(34)38-27(2,3)4)31-26(35)37-16-19-9-7-6-8-10-19;1-13-16(21)23-12-24-17(13)22-10-15(18(26)29-20(2,3)4)25-19(27)28-11-14-8-6-5-7-9-14;1-10-7(9)6-2-4-8-5-3-6/h6-10,17,20-21H,11-16H2,1-5H3,(H,31,35)(H,28,29,30);5-9,12,15H,10-11H2,1-4H3,(H,25,27)(H,22,23,24);6,8H,2-5H2,1H3. The van der Waals surface area contributed by atoms with Crippen LogP contribution in [-0.4, -0.2) is 133 Å². The van der Waals surface area contributed by atoms with Gasteiger partial charge >= 0.3 is 36.1 Å². The van der Waals surface area contributed by atoms with Gasteiger partial charge < -0.3 is 59.9 Å². The van der Waals surface area contributed by atoms with E-state index in [-0.39, 0.29) is 50.1 Å². The molecule has 0 spiro atoms. The van der Waals surface area contributed by atoms with Crippen LogP contribution < -0.4 is 31.5 Å². The monoisotopic (exact) mass is 1090 g/mol. The van der Waals surface area contributed by atoms with Crippen molar-refractivity contribution in [2.24, 2.45) is 11.8 Å². The van der Waals surface area contributed by atoms with E-state index in [1.807, 2.05) is 67.6 Å². The van der Waals surface area contributed by atoms with Gasteiger partial charge in [0.25, 0.3) is 0 Å². The Balaban J connectivity index is 0.000000288. The zero-order valence-electron chi connectivity index (χ0n) is 45.7. The Morgan fingerprint density at radius 3 is 1.47 bits per heavy atom. The van der Waals surface area contributed by atoms with Gasteiger partial charge in [-0.15, -0.1) is 0 Å². The summed E-state index contributed by atoms with van der Waals surface area (Å²) in [5.41, 5.74) is 1.64. The minimum atomic E-state index is -1.02. The fraction of sp³-hybridized carbons (Fsp3) is 0.519. The number of anilines is 3. The third-order valence-electron chi connectivity index (χ3n) is 11.6. The molecule has 2 amide bonds. The number of nitrogens with one attached hydrogen (secondary N) is 5. The molecule has 4 heterocycles. The Labute approximate surface area is 455 Å². The van der Waals surface area contributed by atoms with Gasteiger partial charge in [-0.2, -0.15) is 0 Å². The lowest BCUT2D eigenvalue weighted by molar-refractivity contribution is -0.158. The number of carbonyl (C=O) groups is 6. The van der Waals surface area contributed by atoms with Gasteiger partial charge in [0.1, 0.15) is 71.8 Å². The number of aromatic nitrogens is 4. The lowest BCUT2D eigenvalue weighted by Crippen LogP contribution is -2.48. The average molecular weight is 1090 g/mol. The molecule has 2 aliphatic rings. The fourth-order valence-corrected chi connectivity index (χ4v) is 7.74. The third kappa shape index (κ3) is 22.4. The van der Waals surface area contributed by atoms with Crippen molar-refractivity contribution in [2.45, 2.75) is 118 Å². The van der Waals surface area contributed by atoms with Crippen LogP contribution >= 0.6 is 11.6 Å². The zero-order valence-corrected chi connectivity index (χ0v) is 46.5. The minimum Gasteiger partial charge on any atom is -0.469 e. The molecule has 2 aromatic carbocycles. The van der Waals surface area contributed by atoms with Crippen molar-refractivity contribution in [2.75, 3.05) is 69.0 Å². The van der Waals surface area contributed by atoms with Crippen molar-refractivity contribution in [3.63, 3.8) is 0 Å². The van der Waals surface area contributed by atoms with E-state index in [0.717, 1.165) is 48.4 Å². The predicted octanol–water partition coefficient (Wildman–Crippen LogP) is 6.87. The number of esters is 4. The number of ether oxygens (including phenoxy) is 6. The maximum atomic E-state index is 12.9. The summed E-state index contributed by atoms with van der Waals surface area (Å²) in [5.74, 6) is 0.323. The van der Waals surface area contributed by atoms with Crippen LogP contribution in [0.2, 0.25) is 5.15 Å². The molecule has 23 heteroatoms. The van der Waals surface area contributed by atoms with Crippen molar-refractivity contribution < 1.29 is 57.2 Å². The van der Waals surface area contributed by atoms with Gasteiger partial charge in [0.15, 0.2) is 0 Å². The van der Waals surface area contributed by atoms with E-state index in [1.54, 1.807) is 48.5 Å². The number of alkyl carbamates (subject to hydrolysis) is 2. The molecule has 2 aromatic heterocycles. The van der Waals surface area contributed by atoms with Gasteiger partial charge in [-0.25, -0.2) is 39.1 Å². The second kappa shape index (κ2) is 31.0. The SMILES string of the molecule is COC(=O)C1CCN(c2ncnc(NCC(NC(=O)OCc3ccccc3)C(=O)OC(C)(C)C)c2C)CC1.COC(=O)C1CCNCC1.Cc1c(Cl)ncnc1NCC(NC(=O)OCc1ccccc1)C(=O)OC(C)(C)C. The number of rotatable bonds is 17. The smallest absolute Gasteiger partial charge is 0.408 e. The molecule has 2 fully saturated rings. The van der Waals surface area contributed by atoms with Crippen molar-refractivity contribution in [1.82, 2.24) is 35.9 Å². The number of carbonyl (C=O) groups excluding carboxylic acids is 6. The summed E-state index contributed by atoms with van der Waals surface area (Å²) in [6, 6.07) is 16.5. The summed E-state index contributed by atoms with van der Waals surface area (Å²) < 4.78 is 30.9. The first-order chi connectivity index (χ1) is 36.6. The fourth-order valence-electron chi connectivity index (χ4n) is 7.61. The summed E-state index contributed by atoms with van der Waals surface area (Å²) in [6.07, 6.45) is 4.48. The van der Waals surface area contributed by atoms with Crippen molar-refractivity contribution in [1.29, 1.82) is 0 Å². The highest BCUT2D eigenvalue weighted by Crippen LogP contribution is 2.28. The lowest BCUT2D eigenvalue weighted by Gasteiger charge is -2.32. The predicted molar refractivity (Wildman–Crippen MR) is 289 cm³/mol. The Hall–Kier alpha value is -7.33. The number of hydrogen-bond acceptors (Lipinski definition) is 20. The molecule has 420 valence electrons. The lowest BCUT2D eigenvalue weighted by atomic mass is 9.97. The van der Waals surface area contributed by atoms with Gasteiger partial charge in [-0.05, 0) is 105 Å². The summed E-state index contributed by atoms with van der Waals surface area (Å²) in [6.45, 7) is 17.6. The highest BCUT2D eigenvalue weighted by Gasteiger charge is 2.31. The molecule has 0 radical (unpaired) electrons. The van der Waals surface area contributed by atoms with E-state index in [0.29, 0.717) is 48.3 Å². The van der Waals surface area contributed by atoms with Crippen LogP contribution in [-0.2, 0) is 60.8 Å². The first kappa shape index (κ1) is 62.2. The Morgan fingerprint density at radius 1 is 0.623 bits per heavy atom. The number of amides is 2. The first-order valence-electron chi connectivity index (χ1n) is 25.3. The quantitative estimate of drug-likeness (QED) is 0.0410. The van der Waals surface area contributed by atoms with Gasteiger partial charge in [-0.1, -0.05) is 72.3 Å². The van der Waals surface area contributed by atoms with E-state index in [2.05, 4.69) is 56.2 Å². The Bertz CT molecular complexity index is 2520. The molecule has 2 atom stereocenters. The molecule has 0 saturated carbocycles. The normalized spacial score (nSPS) is 14.5. The van der Waals surface area contributed by atoms with E-state index in [4.69, 9.17) is 35.3 Å². The summed E-state index contributed by atoms with van der Waals surface area (Å²) in [7, 11) is 2.86. The molecule has 77 heavy (non-hydrogen) atoms. The van der Waals surface area contributed by atoms with Crippen LogP contribution in [0.3, 0.4) is 0 Å². The second-order valence-corrected chi connectivity index (χ2v) is 20.3. The largest absolute Gasteiger partial charge is 0.469 e. The minimum absolute atomic E-state index is 0.0249. The van der Waals surface area contributed by atoms with Crippen LogP contribution in [0.5, 0.6) is 0 Å². The average Bonchev–Trinajstić information content (AvgIpc) is 3.41. The highest BCUT2D eigenvalue weighted by atomic mass is 35.5. The third-order valence-corrected chi connectivity index (χ3v) is 12.0. The van der Waals surface area contributed by atoms with Crippen molar-refractivity contribution in [3.8, 4) is 0 Å². The van der Waals surface area contributed by atoms with Crippen LogP contribution in [0.1, 0.15) is 89.5 Å². The molecule has 2 aliphatic heterocycles. The molecule has 0 bridgehead atoms. The van der Waals surface area contributed by atoms with E-state index >= 15 is 0 Å². The second-order valence-electron chi connectivity index (χ2n) is 20.0. The van der Waals surface area contributed by atoms with Gasteiger partial charge in [-0.3, -0.25) is 9.59 Å². The Morgan fingerprint density at radius 2 is 1.04 bits per heavy atom. The molecule has 0 aliphatic carbocycles. The van der Waals surface area contributed by atoms with E-state index in [9.17, 15) is 28.8 Å². The molecule has 2 saturated heterocycles. The molecular formula is C54H75ClN10O12. The van der Waals surface area contributed by atoms with Crippen LogP contribution in [0, 0.1) is 25.7 Å². The molecule has 22 nitrogen and oxygen atoms in total. The highest BCUT2D eigenvalue weighted by molar-refractivity contribution is 6.30. The molecule has 4 aromatic rings. The van der Waals surface area contributed by atoms with Crippen LogP contribution in [0.25, 0.3) is 0 Å². The van der Waals surface area contributed by atoms with Gasteiger partial charge in [0.05, 0.1) is 26.1 Å². The molecule has 6 rings (SSSR count). The zero-order chi connectivity index (χ0) is 56.5. The first-order valence-corrected chi connectivity index (χ1v) is 25.7. The summed E-state index contributed by atoms with van der Waals surface area (Å²) >= 11 is 5.99. The van der Waals surface area contributed by atoms with E-state index in [1.165, 1.54) is 26.9 Å². The summed E-state index contributed by atoms with van der Waals surface area (Å²) in [4.78, 5) is 91.8. The maximum absolute atomic E-state index is 12.9. The number of benzene rings is 2. The van der Waals surface area contributed by atoms with Crippen LogP contribution in [0.15, 0.2) is 73.3 Å².